The van der Waals surface area contributed by atoms with Gasteiger partial charge in [-0.2, -0.15) is 0 Å². The summed E-state index contributed by atoms with van der Waals surface area (Å²) in [6.07, 6.45) is 0. The maximum Gasteiger partial charge on any atom is 0.273 e. The fourth-order valence-corrected chi connectivity index (χ4v) is 1.82. The van der Waals surface area contributed by atoms with Gasteiger partial charge in [-0.15, -0.1) is 11.3 Å². The summed E-state index contributed by atoms with van der Waals surface area (Å²) in [5, 5.41) is 2.57. The first-order valence-electron chi connectivity index (χ1n) is 4.66. The average molecular weight is 213 g/mol. The van der Waals surface area contributed by atoms with Crippen LogP contribution in [0.25, 0.3) is 0 Å². The third-order valence-corrected chi connectivity index (χ3v) is 2.87. The second kappa shape index (κ2) is 5.07. The quantitative estimate of drug-likeness (QED) is 0.814. The normalized spacial score (nSPS) is 10.2. The van der Waals surface area contributed by atoms with Gasteiger partial charge in [-0.3, -0.25) is 4.79 Å². The number of carbonyl (C=O) groups excluding carboxylic acids is 1. The molecular weight excluding hydrogens is 198 g/mol. The van der Waals surface area contributed by atoms with Crippen molar-refractivity contribution in [3.8, 4) is 0 Å². The van der Waals surface area contributed by atoms with E-state index in [1.54, 1.807) is 10.3 Å². The summed E-state index contributed by atoms with van der Waals surface area (Å²) in [7, 11) is 0. The van der Waals surface area contributed by atoms with Crippen LogP contribution in [0.5, 0.6) is 0 Å². The molecule has 5 heteroatoms. The number of hydrogen-bond acceptors (Lipinski definition) is 4. The molecule has 14 heavy (non-hydrogen) atoms. The van der Waals surface area contributed by atoms with Crippen molar-refractivity contribution in [1.82, 2.24) is 9.88 Å². The van der Waals surface area contributed by atoms with Crippen LogP contribution in [0.4, 0.5) is 0 Å². The third kappa shape index (κ3) is 2.30. The highest BCUT2D eigenvalue weighted by Gasteiger charge is 2.15. The van der Waals surface area contributed by atoms with E-state index in [4.69, 9.17) is 5.73 Å². The topological polar surface area (TPSA) is 59.2 Å². The van der Waals surface area contributed by atoms with Gasteiger partial charge in [-0.1, -0.05) is 0 Å². The highest BCUT2D eigenvalue weighted by Crippen LogP contribution is 2.10. The Morgan fingerprint density at radius 2 is 2.21 bits per heavy atom. The first kappa shape index (κ1) is 11.1. The van der Waals surface area contributed by atoms with Gasteiger partial charge in [0.25, 0.3) is 5.91 Å². The molecule has 0 atom stereocenters. The van der Waals surface area contributed by atoms with Crippen LogP contribution in [0.3, 0.4) is 0 Å². The zero-order chi connectivity index (χ0) is 10.6. The van der Waals surface area contributed by atoms with E-state index in [9.17, 15) is 4.79 Å². The van der Waals surface area contributed by atoms with Gasteiger partial charge in [-0.25, -0.2) is 4.98 Å². The highest BCUT2D eigenvalue weighted by molar-refractivity contribution is 7.09. The maximum atomic E-state index is 11.8. The molecule has 1 aromatic rings. The summed E-state index contributed by atoms with van der Waals surface area (Å²) in [6.45, 7) is 5.74. The van der Waals surface area contributed by atoms with Gasteiger partial charge in [0.2, 0.25) is 0 Å². The van der Waals surface area contributed by atoms with Gasteiger partial charge >= 0.3 is 0 Å². The van der Waals surface area contributed by atoms with E-state index >= 15 is 0 Å². The highest BCUT2D eigenvalue weighted by atomic mass is 32.1. The van der Waals surface area contributed by atoms with E-state index in [2.05, 4.69) is 4.98 Å². The molecule has 1 heterocycles. The summed E-state index contributed by atoms with van der Waals surface area (Å²) < 4.78 is 0. The van der Waals surface area contributed by atoms with Crippen LogP contribution in [0.1, 0.15) is 29.3 Å². The molecule has 0 unspecified atom stereocenters. The fourth-order valence-electron chi connectivity index (χ4n) is 1.18. The SMILES string of the molecule is CCN(CC)C(=O)c1csc(CN)n1. The number of nitrogens with two attached hydrogens (primary N) is 1. The molecule has 0 aromatic carbocycles. The summed E-state index contributed by atoms with van der Waals surface area (Å²) in [5.41, 5.74) is 5.94. The maximum absolute atomic E-state index is 11.8. The molecule has 0 aliphatic heterocycles. The Balaban J connectivity index is 2.77. The van der Waals surface area contributed by atoms with Crippen LogP contribution in [-0.4, -0.2) is 28.9 Å². The van der Waals surface area contributed by atoms with E-state index in [1.165, 1.54) is 11.3 Å². The number of thiazole rings is 1. The zero-order valence-electron chi connectivity index (χ0n) is 8.49. The Kier molecular flexibility index (Phi) is 4.03. The molecule has 0 bridgehead atoms. The number of nitrogens with zero attached hydrogens (tertiary/aromatic N) is 2. The fraction of sp³-hybridized carbons (Fsp3) is 0.556. The number of amides is 1. The Morgan fingerprint density at radius 1 is 1.57 bits per heavy atom. The number of rotatable bonds is 4. The molecule has 4 nitrogen and oxygen atoms in total. The summed E-state index contributed by atoms with van der Waals surface area (Å²) in [6, 6.07) is 0. The monoisotopic (exact) mass is 213 g/mol. The van der Waals surface area contributed by atoms with E-state index < -0.39 is 0 Å². The lowest BCUT2D eigenvalue weighted by molar-refractivity contribution is 0.0768. The van der Waals surface area contributed by atoms with Gasteiger partial charge in [0.15, 0.2) is 0 Å². The Labute approximate surface area is 87.7 Å². The average Bonchev–Trinajstić information content (AvgIpc) is 2.67. The molecule has 78 valence electrons. The molecule has 1 rings (SSSR count). The van der Waals surface area contributed by atoms with E-state index in [0.717, 1.165) is 5.01 Å². The van der Waals surface area contributed by atoms with E-state index in [-0.39, 0.29) is 5.91 Å². The molecular formula is C9H15N3OS. The minimum Gasteiger partial charge on any atom is -0.338 e. The summed E-state index contributed by atoms with van der Waals surface area (Å²) in [5.74, 6) is -0.00838. The number of aromatic nitrogens is 1. The van der Waals surface area contributed by atoms with Crippen LogP contribution < -0.4 is 5.73 Å². The molecule has 1 amide bonds. The van der Waals surface area contributed by atoms with Crippen LogP contribution in [0.15, 0.2) is 5.38 Å². The summed E-state index contributed by atoms with van der Waals surface area (Å²) >= 11 is 1.43. The molecule has 0 fully saturated rings. The van der Waals surface area contributed by atoms with E-state index in [1.807, 2.05) is 13.8 Å². The molecule has 0 spiro atoms. The Hall–Kier alpha value is -0.940. The van der Waals surface area contributed by atoms with Gasteiger partial charge in [-0.05, 0) is 13.8 Å². The van der Waals surface area contributed by atoms with Crippen LogP contribution in [0, 0.1) is 0 Å². The molecule has 0 radical (unpaired) electrons. The van der Waals surface area contributed by atoms with Crippen molar-refractivity contribution < 1.29 is 4.79 Å². The second-order valence-corrected chi connectivity index (χ2v) is 3.75. The first-order chi connectivity index (χ1) is 6.72. The minimum atomic E-state index is -0.00838. The van der Waals surface area contributed by atoms with Crippen LogP contribution >= 0.6 is 11.3 Å². The Morgan fingerprint density at radius 3 is 2.64 bits per heavy atom. The molecule has 1 aromatic heterocycles. The first-order valence-corrected chi connectivity index (χ1v) is 5.54. The lowest BCUT2D eigenvalue weighted by Gasteiger charge is -2.16. The third-order valence-electron chi connectivity index (χ3n) is 2.00. The molecule has 0 aliphatic carbocycles. The second-order valence-electron chi connectivity index (χ2n) is 2.81. The van der Waals surface area contributed by atoms with Crippen molar-refractivity contribution in [2.75, 3.05) is 13.1 Å². The summed E-state index contributed by atoms with van der Waals surface area (Å²) in [4.78, 5) is 17.7. The van der Waals surface area contributed by atoms with Crippen molar-refractivity contribution in [2.24, 2.45) is 5.73 Å². The molecule has 0 saturated heterocycles. The van der Waals surface area contributed by atoms with Crippen molar-refractivity contribution in [3.05, 3.63) is 16.1 Å². The van der Waals surface area contributed by atoms with Crippen LogP contribution in [0.2, 0.25) is 0 Å². The van der Waals surface area contributed by atoms with Crippen molar-refractivity contribution >= 4 is 17.2 Å². The van der Waals surface area contributed by atoms with Crippen molar-refractivity contribution in [2.45, 2.75) is 20.4 Å². The zero-order valence-corrected chi connectivity index (χ0v) is 9.30. The van der Waals surface area contributed by atoms with Crippen LogP contribution in [-0.2, 0) is 6.54 Å². The van der Waals surface area contributed by atoms with Gasteiger partial charge < -0.3 is 10.6 Å². The van der Waals surface area contributed by atoms with Gasteiger partial charge in [0, 0.05) is 25.0 Å². The smallest absolute Gasteiger partial charge is 0.273 e. The number of hydrogen-bond donors (Lipinski definition) is 1. The van der Waals surface area contributed by atoms with Gasteiger partial charge in [0.05, 0.1) is 0 Å². The predicted molar refractivity (Wildman–Crippen MR) is 57.3 cm³/mol. The molecule has 0 aliphatic rings. The number of carbonyl (C=O) groups is 1. The minimum absolute atomic E-state index is 0.00838. The largest absolute Gasteiger partial charge is 0.338 e. The lowest BCUT2D eigenvalue weighted by Crippen LogP contribution is -2.30. The lowest BCUT2D eigenvalue weighted by atomic mass is 10.4. The van der Waals surface area contributed by atoms with Gasteiger partial charge in [0.1, 0.15) is 10.7 Å². The van der Waals surface area contributed by atoms with Crippen molar-refractivity contribution in [1.29, 1.82) is 0 Å². The van der Waals surface area contributed by atoms with Crippen molar-refractivity contribution in [3.63, 3.8) is 0 Å². The molecule has 0 saturated carbocycles. The predicted octanol–water partition coefficient (Wildman–Crippen LogP) is 1.08. The molecule has 2 N–H and O–H groups in total. The Bertz CT molecular complexity index is 307. The van der Waals surface area contributed by atoms with E-state index in [0.29, 0.717) is 25.3 Å². The standard InChI is InChI=1S/C9H15N3OS/c1-3-12(4-2)9(13)7-6-14-8(5-10)11-7/h6H,3-5,10H2,1-2H3.